The number of hydrogen-bond donors (Lipinski definition) is 1. The van der Waals surface area contributed by atoms with E-state index >= 15 is 0 Å². The molecule has 0 radical (unpaired) electrons. The minimum atomic E-state index is -0.194. The molecule has 0 spiro atoms. The minimum Gasteiger partial charge on any atom is -0.490 e. The molecular formula is C22H26BrNO3. The molecule has 0 saturated carbocycles. The standard InChI is InChI=1S/C22H26BrNO3/c1-4-6-13-27-20-11-8-17(15-21(20)26-5-2)9-12-22(25)24-19-10-7-16(3)14-18(19)23/h7-12,14-15H,4-6,13H2,1-3H3,(H,24,25)/b12-9+. The maximum Gasteiger partial charge on any atom is 0.248 e. The van der Waals surface area contributed by atoms with Gasteiger partial charge in [0.05, 0.1) is 18.9 Å². The van der Waals surface area contributed by atoms with Crippen LogP contribution in [0.5, 0.6) is 11.5 Å². The van der Waals surface area contributed by atoms with E-state index in [1.54, 1.807) is 6.08 Å². The van der Waals surface area contributed by atoms with E-state index in [9.17, 15) is 4.79 Å². The van der Waals surface area contributed by atoms with Gasteiger partial charge in [-0.25, -0.2) is 0 Å². The molecule has 2 aromatic rings. The van der Waals surface area contributed by atoms with Crippen LogP contribution in [0, 0.1) is 6.92 Å². The summed E-state index contributed by atoms with van der Waals surface area (Å²) in [5, 5.41) is 2.86. The van der Waals surface area contributed by atoms with Crippen LogP contribution in [0.25, 0.3) is 6.08 Å². The molecule has 0 saturated heterocycles. The number of aryl methyl sites for hydroxylation is 1. The van der Waals surface area contributed by atoms with Crippen LogP contribution in [0.15, 0.2) is 46.9 Å². The normalized spacial score (nSPS) is 10.8. The van der Waals surface area contributed by atoms with E-state index in [-0.39, 0.29) is 5.91 Å². The third-order valence-corrected chi connectivity index (χ3v) is 4.49. The zero-order chi connectivity index (χ0) is 19.6. The minimum absolute atomic E-state index is 0.194. The largest absolute Gasteiger partial charge is 0.490 e. The second kappa shape index (κ2) is 10.8. The molecule has 27 heavy (non-hydrogen) atoms. The Morgan fingerprint density at radius 1 is 1.11 bits per heavy atom. The zero-order valence-electron chi connectivity index (χ0n) is 16.0. The van der Waals surface area contributed by atoms with Gasteiger partial charge in [-0.1, -0.05) is 25.5 Å². The summed E-state index contributed by atoms with van der Waals surface area (Å²) < 4.78 is 12.3. The molecule has 1 amide bonds. The summed E-state index contributed by atoms with van der Waals surface area (Å²) in [7, 11) is 0. The quantitative estimate of drug-likeness (QED) is 0.391. The molecule has 0 aliphatic carbocycles. The first-order chi connectivity index (χ1) is 13.0. The van der Waals surface area contributed by atoms with Crippen LogP contribution in [0.4, 0.5) is 5.69 Å². The van der Waals surface area contributed by atoms with E-state index in [4.69, 9.17) is 9.47 Å². The molecular weight excluding hydrogens is 406 g/mol. The Balaban J connectivity index is 2.06. The first-order valence-electron chi connectivity index (χ1n) is 9.18. The maximum absolute atomic E-state index is 12.2. The van der Waals surface area contributed by atoms with Crippen molar-refractivity contribution in [3.63, 3.8) is 0 Å². The number of unbranched alkanes of at least 4 members (excludes halogenated alkanes) is 1. The van der Waals surface area contributed by atoms with Gasteiger partial charge in [0, 0.05) is 10.5 Å². The third-order valence-electron chi connectivity index (χ3n) is 3.83. The second-order valence-electron chi connectivity index (χ2n) is 6.15. The van der Waals surface area contributed by atoms with Crippen LogP contribution in [0.3, 0.4) is 0 Å². The number of benzene rings is 2. The number of hydrogen-bond acceptors (Lipinski definition) is 3. The van der Waals surface area contributed by atoms with Crippen molar-refractivity contribution in [3.05, 3.63) is 58.1 Å². The molecule has 144 valence electrons. The first kappa shape index (κ1) is 21.0. The van der Waals surface area contributed by atoms with Crippen molar-refractivity contribution in [1.29, 1.82) is 0 Å². The topological polar surface area (TPSA) is 47.6 Å². The lowest BCUT2D eigenvalue weighted by atomic mass is 10.2. The first-order valence-corrected chi connectivity index (χ1v) is 9.97. The van der Waals surface area contributed by atoms with Crippen molar-refractivity contribution < 1.29 is 14.3 Å². The van der Waals surface area contributed by atoms with Crippen molar-refractivity contribution in [2.75, 3.05) is 18.5 Å². The number of halogens is 1. The number of ether oxygens (including phenoxy) is 2. The van der Waals surface area contributed by atoms with Gasteiger partial charge in [-0.2, -0.15) is 0 Å². The number of carbonyl (C=O) groups is 1. The van der Waals surface area contributed by atoms with Crippen molar-refractivity contribution in [2.45, 2.75) is 33.6 Å². The maximum atomic E-state index is 12.2. The second-order valence-corrected chi connectivity index (χ2v) is 7.00. The number of rotatable bonds is 9. The summed E-state index contributed by atoms with van der Waals surface area (Å²) in [5.74, 6) is 1.23. The van der Waals surface area contributed by atoms with Gasteiger partial charge < -0.3 is 14.8 Å². The number of anilines is 1. The highest BCUT2D eigenvalue weighted by atomic mass is 79.9. The van der Waals surface area contributed by atoms with E-state index in [2.05, 4.69) is 28.2 Å². The van der Waals surface area contributed by atoms with Crippen LogP contribution in [0.2, 0.25) is 0 Å². The number of nitrogens with one attached hydrogen (secondary N) is 1. The lowest BCUT2D eigenvalue weighted by Gasteiger charge is -2.12. The molecule has 0 fully saturated rings. The van der Waals surface area contributed by atoms with Gasteiger partial charge in [-0.3, -0.25) is 4.79 Å². The fraction of sp³-hybridized carbons (Fsp3) is 0.318. The van der Waals surface area contributed by atoms with Gasteiger partial charge in [0.25, 0.3) is 0 Å². The molecule has 5 heteroatoms. The Kier molecular flexibility index (Phi) is 8.40. The fourth-order valence-electron chi connectivity index (χ4n) is 2.41. The average molecular weight is 432 g/mol. The highest BCUT2D eigenvalue weighted by Gasteiger charge is 2.07. The lowest BCUT2D eigenvalue weighted by molar-refractivity contribution is -0.111. The highest BCUT2D eigenvalue weighted by molar-refractivity contribution is 9.10. The SMILES string of the molecule is CCCCOc1ccc(/C=C/C(=O)Nc2ccc(C)cc2Br)cc1OCC. The van der Waals surface area contributed by atoms with Gasteiger partial charge in [-0.05, 0) is 77.7 Å². The summed E-state index contributed by atoms with van der Waals surface area (Å²) in [6.45, 7) is 7.28. The van der Waals surface area contributed by atoms with Gasteiger partial charge in [0.1, 0.15) is 0 Å². The summed E-state index contributed by atoms with van der Waals surface area (Å²) in [6, 6.07) is 11.5. The Morgan fingerprint density at radius 2 is 1.93 bits per heavy atom. The van der Waals surface area contributed by atoms with Crippen LogP contribution >= 0.6 is 15.9 Å². The van der Waals surface area contributed by atoms with Crippen molar-refractivity contribution in [2.24, 2.45) is 0 Å². The van der Waals surface area contributed by atoms with Crippen LogP contribution in [-0.4, -0.2) is 19.1 Å². The highest BCUT2D eigenvalue weighted by Crippen LogP contribution is 2.29. The van der Waals surface area contributed by atoms with Crippen molar-refractivity contribution >= 4 is 33.6 Å². The van der Waals surface area contributed by atoms with Crippen molar-refractivity contribution in [1.82, 2.24) is 0 Å². The molecule has 0 heterocycles. The van der Waals surface area contributed by atoms with E-state index in [0.717, 1.165) is 39.9 Å². The average Bonchev–Trinajstić information content (AvgIpc) is 2.64. The van der Waals surface area contributed by atoms with Gasteiger partial charge in [0.2, 0.25) is 5.91 Å². The van der Waals surface area contributed by atoms with Crippen LogP contribution < -0.4 is 14.8 Å². The van der Waals surface area contributed by atoms with E-state index in [1.807, 2.05) is 50.2 Å². The zero-order valence-corrected chi connectivity index (χ0v) is 17.6. The van der Waals surface area contributed by atoms with Crippen LogP contribution in [0.1, 0.15) is 37.8 Å². The molecule has 4 nitrogen and oxygen atoms in total. The van der Waals surface area contributed by atoms with Gasteiger partial charge >= 0.3 is 0 Å². The Hall–Kier alpha value is -2.27. The molecule has 0 atom stereocenters. The summed E-state index contributed by atoms with van der Waals surface area (Å²) in [6.07, 6.45) is 5.35. The Labute approximate surface area is 169 Å². The summed E-state index contributed by atoms with van der Waals surface area (Å²) in [4.78, 5) is 12.2. The Morgan fingerprint density at radius 3 is 2.63 bits per heavy atom. The van der Waals surface area contributed by atoms with E-state index in [0.29, 0.717) is 19.0 Å². The molecule has 2 rings (SSSR count). The fourth-order valence-corrected chi connectivity index (χ4v) is 3.00. The smallest absolute Gasteiger partial charge is 0.248 e. The predicted molar refractivity (Wildman–Crippen MR) is 115 cm³/mol. The summed E-state index contributed by atoms with van der Waals surface area (Å²) >= 11 is 3.46. The molecule has 0 bridgehead atoms. The molecule has 0 unspecified atom stereocenters. The molecule has 0 aliphatic heterocycles. The lowest BCUT2D eigenvalue weighted by Crippen LogP contribution is -2.08. The molecule has 0 aliphatic rings. The Bertz CT molecular complexity index is 802. The monoisotopic (exact) mass is 431 g/mol. The van der Waals surface area contributed by atoms with Gasteiger partial charge in [-0.15, -0.1) is 0 Å². The summed E-state index contributed by atoms with van der Waals surface area (Å²) in [5.41, 5.74) is 2.74. The number of carbonyl (C=O) groups excluding carboxylic acids is 1. The third kappa shape index (κ3) is 6.75. The number of amides is 1. The van der Waals surface area contributed by atoms with Crippen LogP contribution in [-0.2, 0) is 4.79 Å². The molecule has 2 aromatic carbocycles. The van der Waals surface area contributed by atoms with Gasteiger partial charge in [0.15, 0.2) is 11.5 Å². The molecule has 0 aromatic heterocycles. The molecule has 1 N–H and O–H groups in total. The van der Waals surface area contributed by atoms with E-state index < -0.39 is 0 Å². The predicted octanol–water partition coefficient (Wildman–Crippen LogP) is 5.99. The van der Waals surface area contributed by atoms with E-state index in [1.165, 1.54) is 6.08 Å². The van der Waals surface area contributed by atoms with Crippen molar-refractivity contribution in [3.8, 4) is 11.5 Å².